The molecule has 0 saturated heterocycles. The van der Waals surface area contributed by atoms with Gasteiger partial charge in [0.25, 0.3) is 0 Å². The fourth-order valence-electron chi connectivity index (χ4n) is 1.18. The molecule has 4 nitrogen and oxygen atoms in total. The van der Waals surface area contributed by atoms with Crippen molar-refractivity contribution in [3.8, 4) is 0 Å². The number of carbonyl (C=O) groups is 2. The Labute approximate surface area is 77.9 Å². The van der Waals surface area contributed by atoms with Crippen molar-refractivity contribution < 1.29 is 19.1 Å². The fourth-order valence-corrected chi connectivity index (χ4v) is 2.19. The van der Waals surface area contributed by atoms with Crippen molar-refractivity contribution >= 4 is 23.5 Å². The summed E-state index contributed by atoms with van der Waals surface area (Å²) in [7, 11) is 0. The third-order valence-corrected chi connectivity index (χ3v) is 3.01. The van der Waals surface area contributed by atoms with Crippen LogP contribution >= 0.6 is 11.8 Å². The molecule has 1 N–H and O–H groups in total. The number of hydrogen-bond acceptors (Lipinski definition) is 4. The van der Waals surface area contributed by atoms with E-state index in [1.807, 2.05) is 0 Å². The molecule has 2 heterocycles. The quantitative estimate of drug-likeness (QED) is 0.738. The van der Waals surface area contributed by atoms with Gasteiger partial charge in [-0.05, 0) is 6.07 Å². The van der Waals surface area contributed by atoms with E-state index in [0.29, 0.717) is 10.7 Å². The average Bonchev–Trinajstić information content (AvgIpc) is 2.51. The average molecular weight is 198 g/mol. The van der Waals surface area contributed by atoms with Gasteiger partial charge in [-0.15, -0.1) is 0 Å². The van der Waals surface area contributed by atoms with E-state index >= 15 is 0 Å². The van der Waals surface area contributed by atoms with E-state index in [9.17, 15) is 9.59 Å². The molecule has 1 aliphatic heterocycles. The molecule has 1 unspecified atom stereocenters. The summed E-state index contributed by atoms with van der Waals surface area (Å²) in [5.74, 6) is -1.13. The number of furan rings is 1. The second kappa shape index (κ2) is 2.92. The van der Waals surface area contributed by atoms with Gasteiger partial charge < -0.3 is 9.52 Å². The van der Waals surface area contributed by atoms with Crippen LogP contribution < -0.4 is 0 Å². The fraction of sp³-hybridized carbons (Fsp3) is 0.250. The molecular weight excluding hydrogens is 192 g/mol. The van der Waals surface area contributed by atoms with Crippen molar-refractivity contribution in [2.75, 3.05) is 0 Å². The summed E-state index contributed by atoms with van der Waals surface area (Å²) in [6.45, 7) is 0. The van der Waals surface area contributed by atoms with E-state index in [4.69, 9.17) is 9.52 Å². The monoisotopic (exact) mass is 198 g/mol. The summed E-state index contributed by atoms with van der Waals surface area (Å²) in [4.78, 5) is 21.9. The third-order valence-electron chi connectivity index (χ3n) is 1.83. The Morgan fingerprint density at radius 1 is 1.69 bits per heavy atom. The van der Waals surface area contributed by atoms with Gasteiger partial charge in [-0.25, -0.2) is 0 Å². The van der Waals surface area contributed by atoms with Crippen molar-refractivity contribution in [1.29, 1.82) is 0 Å². The molecule has 0 aliphatic carbocycles. The van der Waals surface area contributed by atoms with Crippen LogP contribution in [0.2, 0.25) is 0 Å². The SMILES string of the molecule is O=C1CC(C(=O)O)Sc2occc21. The maximum atomic E-state index is 11.3. The van der Waals surface area contributed by atoms with Crippen LogP contribution in [0.1, 0.15) is 16.8 Å². The van der Waals surface area contributed by atoms with Crippen LogP contribution in [0.15, 0.2) is 21.8 Å². The van der Waals surface area contributed by atoms with Gasteiger partial charge in [0.1, 0.15) is 5.25 Å². The van der Waals surface area contributed by atoms with Gasteiger partial charge in [0, 0.05) is 6.42 Å². The molecule has 1 aliphatic rings. The zero-order valence-corrected chi connectivity index (χ0v) is 7.34. The molecule has 0 amide bonds. The highest BCUT2D eigenvalue weighted by molar-refractivity contribution is 8.00. The molecule has 0 aromatic carbocycles. The highest BCUT2D eigenvalue weighted by Crippen LogP contribution is 2.35. The summed E-state index contributed by atoms with van der Waals surface area (Å²) >= 11 is 1.09. The Hall–Kier alpha value is -1.23. The molecule has 5 heteroatoms. The maximum Gasteiger partial charge on any atom is 0.317 e. The predicted molar refractivity (Wildman–Crippen MR) is 44.9 cm³/mol. The Morgan fingerprint density at radius 3 is 3.15 bits per heavy atom. The van der Waals surface area contributed by atoms with Crippen molar-refractivity contribution in [2.45, 2.75) is 16.8 Å². The van der Waals surface area contributed by atoms with E-state index in [0.717, 1.165) is 11.8 Å². The maximum absolute atomic E-state index is 11.3. The molecular formula is C8H6O4S. The number of Topliss-reactive ketones (excluding diaryl/α,β-unsaturated/α-hetero) is 1. The molecule has 0 bridgehead atoms. The largest absolute Gasteiger partial charge is 0.480 e. The Morgan fingerprint density at radius 2 is 2.46 bits per heavy atom. The molecule has 68 valence electrons. The number of carboxylic acid groups (broad SMARTS) is 1. The minimum atomic E-state index is -0.972. The third kappa shape index (κ3) is 1.35. The van der Waals surface area contributed by atoms with Gasteiger partial charge >= 0.3 is 5.97 Å². The van der Waals surface area contributed by atoms with E-state index in [-0.39, 0.29) is 12.2 Å². The first kappa shape index (κ1) is 8.37. The van der Waals surface area contributed by atoms with E-state index < -0.39 is 11.2 Å². The molecule has 0 saturated carbocycles. The van der Waals surface area contributed by atoms with Gasteiger partial charge in [-0.3, -0.25) is 9.59 Å². The molecule has 13 heavy (non-hydrogen) atoms. The van der Waals surface area contributed by atoms with Crippen molar-refractivity contribution in [3.05, 3.63) is 17.9 Å². The molecule has 0 fully saturated rings. The Bertz CT molecular complexity index is 368. The summed E-state index contributed by atoms with van der Waals surface area (Å²) in [5.41, 5.74) is 0.502. The van der Waals surface area contributed by atoms with Crippen molar-refractivity contribution in [3.63, 3.8) is 0 Å². The van der Waals surface area contributed by atoms with Crippen molar-refractivity contribution in [1.82, 2.24) is 0 Å². The molecule has 1 aromatic rings. The zero-order chi connectivity index (χ0) is 9.42. The first-order valence-corrected chi connectivity index (χ1v) is 4.56. The zero-order valence-electron chi connectivity index (χ0n) is 6.52. The summed E-state index contributed by atoms with van der Waals surface area (Å²) in [6.07, 6.45) is 1.45. The minimum absolute atomic E-state index is 0.0481. The lowest BCUT2D eigenvalue weighted by Crippen LogP contribution is -2.23. The predicted octanol–water partition coefficient (Wildman–Crippen LogP) is 1.41. The smallest absolute Gasteiger partial charge is 0.317 e. The number of carboxylic acids is 1. The first-order chi connectivity index (χ1) is 6.18. The van der Waals surface area contributed by atoms with Gasteiger partial charge in [0.05, 0.1) is 11.8 Å². The van der Waals surface area contributed by atoms with Crippen LogP contribution in [0.3, 0.4) is 0 Å². The Kier molecular flexibility index (Phi) is 1.88. The second-order valence-corrected chi connectivity index (χ2v) is 3.87. The summed E-state index contributed by atoms with van der Waals surface area (Å²) < 4.78 is 4.99. The van der Waals surface area contributed by atoms with E-state index in [1.54, 1.807) is 6.07 Å². The van der Waals surface area contributed by atoms with Gasteiger partial charge in [-0.1, -0.05) is 11.8 Å². The number of thioether (sulfide) groups is 1. The van der Waals surface area contributed by atoms with Crippen LogP contribution in [0.4, 0.5) is 0 Å². The number of fused-ring (bicyclic) bond motifs is 1. The number of ketones is 1. The molecule has 0 radical (unpaired) electrons. The van der Waals surface area contributed by atoms with Crippen LogP contribution in [0.5, 0.6) is 0 Å². The summed E-state index contributed by atoms with van der Waals surface area (Å²) in [5, 5.41) is 8.42. The van der Waals surface area contributed by atoms with E-state index in [2.05, 4.69) is 0 Å². The lowest BCUT2D eigenvalue weighted by Gasteiger charge is -2.14. The molecule has 2 rings (SSSR count). The lowest BCUT2D eigenvalue weighted by atomic mass is 10.1. The normalized spacial score (nSPS) is 21.2. The van der Waals surface area contributed by atoms with Gasteiger partial charge in [-0.2, -0.15) is 0 Å². The Balaban J connectivity index is 2.34. The number of aliphatic carboxylic acids is 1. The van der Waals surface area contributed by atoms with Crippen LogP contribution in [-0.2, 0) is 4.79 Å². The van der Waals surface area contributed by atoms with E-state index in [1.165, 1.54) is 6.26 Å². The van der Waals surface area contributed by atoms with Gasteiger partial charge in [0.2, 0.25) is 0 Å². The first-order valence-electron chi connectivity index (χ1n) is 3.68. The number of hydrogen-bond donors (Lipinski definition) is 1. The van der Waals surface area contributed by atoms with Crippen LogP contribution in [0.25, 0.3) is 0 Å². The molecule has 1 aromatic heterocycles. The van der Waals surface area contributed by atoms with Gasteiger partial charge in [0.15, 0.2) is 10.9 Å². The highest BCUT2D eigenvalue weighted by atomic mass is 32.2. The van der Waals surface area contributed by atoms with Crippen LogP contribution in [-0.4, -0.2) is 22.1 Å². The lowest BCUT2D eigenvalue weighted by molar-refractivity contribution is -0.136. The van der Waals surface area contributed by atoms with Crippen LogP contribution in [0, 0.1) is 0 Å². The standard InChI is InChI=1S/C8H6O4S/c9-5-3-6(7(10)11)13-8-4(5)1-2-12-8/h1-2,6H,3H2,(H,10,11). The minimum Gasteiger partial charge on any atom is -0.480 e. The second-order valence-electron chi connectivity index (χ2n) is 2.69. The summed E-state index contributed by atoms with van der Waals surface area (Å²) in [6, 6.07) is 1.57. The highest BCUT2D eigenvalue weighted by Gasteiger charge is 2.32. The molecule has 0 spiro atoms. The number of carbonyl (C=O) groups excluding carboxylic acids is 1. The van der Waals surface area contributed by atoms with Crippen molar-refractivity contribution in [2.24, 2.45) is 0 Å². The number of rotatable bonds is 1. The topological polar surface area (TPSA) is 67.5 Å². The molecule has 1 atom stereocenters.